The molecule has 24 heavy (non-hydrogen) atoms. The number of nitrogens with one attached hydrogen (secondary N) is 1. The summed E-state index contributed by atoms with van der Waals surface area (Å²) < 4.78 is 0. The number of aliphatic hydroxyl groups excluding tert-OH is 1. The van der Waals surface area contributed by atoms with E-state index in [9.17, 15) is 9.90 Å². The Hall–Kier alpha value is -2.33. The molecule has 0 atom stereocenters. The molecule has 0 heterocycles. The van der Waals surface area contributed by atoms with Gasteiger partial charge in [-0.1, -0.05) is 35.9 Å². The summed E-state index contributed by atoms with van der Waals surface area (Å²) in [7, 11) is 0. The van der Waals surface area contributed by atoms with Crippen LogP contribution in [0, 0.1) is 6.92 Å². The van der Waals surface area contributed by atoms with E-state index in [4.69, 9.17) is 5.73 Å². The molecule has 0 radical (unpaired) electrons. The molecular formula is C20H24N2O2. The number of anilines is 1. The van der Waals surface area contributed by atoms with Gasteiger partial charge in [-0.15, -0.1) is 0 Å². The van der Waals surface area contributed by atoms with Crippen LogP contribution in [0.2, 0.25) is 0 Å². The van der Waals surface area contributed by atoms with Gasteiger partial charge in [0, 0.05) is 11.7 Å². The van der Waals surface area contributed by atoms with Gasteiger partial charge in [0.15, 0.2) is 0 Å². The number of aryl methyl sites for hydroxylation is 1. The SMILES string of the molecule is Cc1cccc(-c2ccc(NC3CCC(O)CC3)c(C(N)=O)c2)c1. The monoisotopic (exact) mass is 324 g/mol. The molecule has 4 nitrogen and oxygen atoms in total. The molecule has 1 amide bonds. The number of amides is 1. The van der Waals surface area contributed by atoms with E-state index >= 15 is 0 Å². The quantitative estimate of drug-likeness (QED) is 0.806. The van der Waals surface area contributed by atoms with Crippen molar-refractivity contribution in [1.29, 1.82) is 0 Å². The molecule has 2 aromatic rings. The van der Waals surface area contributed by atoms with E-state index in [-0.39, 0.29) is 12.1 Å². The fourth-order valence-electron chi connectivity index (χ4n) is 3.32. The summed E-state index contributed by atoms with van der Waals surface area (Å²) in [4.78, 5) is 11.9. The molecule has 0 unspecified atom stereocenters. The Labute approximate surface area is 142 Å². The Balaban J connectivity index is 1.86. The van der Waals surface area contributed by atoms with Gasteiger partial charge in [0.1, 0.15) is 0 Å². The van der Waals surface area contributed by atoms with Gasteiger partial charge in [0.2, 0.25) is 0 Å². The van der Waals surface area contributed by atoms with Crippen LogP contribution in [0.1, 0.15) is 41.6 Å². The molecule has 0 saturated heterocycles. The first-order valence-electron chi connectivity index (χ1n) is 8.48. The Kier molecular flexibility index (Phi) is 4.86. The molecule has 0 spiro atoms. The zero-order valence-corrected chi connectivity index (χ0v) is 14.0. The minimum absolute atomic E-state index is 0.192. The van der Waals surface area contributed by atoms with Crippen LogP contribution in [0.25, 0.3) is 11.1 Å². The molecule has 1 aliphatic rings. The lowest BCUT2D eigenvalue weighted by molar-refractivity contribution is 0.100. The van der Waals surface area contributed by atoms with Crippen molar-refractivity contribution in [3.63, 3.8) is 0 Å². The molecule has 0 aromatic heterocycles. The number of rotatable bonds is 4. The Bertz CT molecular complexity index is 734. The van der Waals surface area contributed by atoms with Gasteiger partial charge in [0.05, 0.1) is 11.7 Å². The van der Waals surface area contributed by atoms with Gasteiger partial charge in [-0.05, 0) is 55.9 Å². The summed E-state index contributed by atoms with van der Waals surface area (Å²) in [6.45, 7) is 2.05. The van der Waals surface area contributed by atoms with Crippen molar-refractivity contribution >= 4 is 11.6 Å². The van der Waals surface area contributed by atoms with Crippen LogP contribution in [0.3, 0.4) is 0 Å². The van der Waals surface area contributed by atoms with E-state index in [2.05, 4.69) is 11.4 Å². The van der Waals surface area contributed by atoms with Crippen molar-refractivity contribution in [1.82, 2.24) is 0 Å². The highest BCUT2D eigenvalue weighted by Gasteiger charge is 2.20. The molecule has 0 bridgehead atoms. The molecule has 1 fully saturated rings. The summed E-state index contributed by atoms with van der Waals surface area (Å²) in [5.41, 5.74) is 10.1. The number of nitrogens with two attached hydrogens (primary N) is 1. The third-order valence-corrected chi connectivity index (χ3v) is 4.69. The Morgan fingerprint density at radius 2 is 1.79 bits per heavy atom. The van der Waals surface area contributed by atoms with Gasteiger partial charge in [-0.3, -0.25) is 4.79 Å². The average Bonchev–Trinajstić information content (AvgIpc) is 2.57. The molecule has 3 rings (SSSR count). The first-order chi connectivity index (χ1) is 11.5. The zero-order chi connectivity index (χ0) is 17.1. The van der Waals surface area contributed by atoms with Crippen molar-refractivity contribution in [2.24, 2.45) is 5.73 Å². The lowest BCUT2D eigenvalue weighted by Crippen LogP contribution is -2.29. The highest BCUT2D eigenvalue weighted by Crippen LogP contribution is 2.28. The lowest BCUT2D eigenvalue weighted by atomic mass is 9.92. The molecule has 0 aliphatic heterocycles. The maximum Gasteiger partial charge on any atom is 0.250 e. The van der Waals surface area contributed by atoms with E-state index in [0.29, 0.717) is 5.56 Å². The van der Waals surface area contributed by atoms with Gasteiger partial charge in [-0.25, -0.2) is 0 Å². The topological polar surface area (TPSA) is 75.3 Å². The summed E-state index contributed by atoms with van der Waals surface area (Å²) >= 11 is 0. The van der Waals surface area contributed by atoms with E-state index in [1.807, 2.05) is 43.3 Å². The predicted molar refractivity (Wildman–Crippen MR) is 97.0 cm³/mol. The molecular weight excluding hydrogens is 300 g/mol. The minimum Gasteiger partial charge on any atom is -0.393 e. The first-order valence-corrected chi connectivity index (χ1v) is 8.48. The lowest BCUT2D eigenvalue weighted by Gasteiger charge is -2.27. The minimum atomic E-state index is -0.428. The Morgan fingerprint density at radius 1 is 1.08 bits per heavy atom. The van der Waals surface area contributed by atoms with Crippen molar-refractivity contribution in [3.05, 3.63) is 53.6 Å². The average molecular weight is 324 g/mol. The number of carbonyl (C=O) groups is 1. The number of hydrogen-bond donors (Lipinski definition) is 3. The van der Waals surface area contributed by atoms with Gasteiger partial charge in [-0.2, -0.15) is 0 Å². The fraction of sp³-hybridized carbons (Fsp3) is 0.350. The van der Waals surface area contributed by atoms with E-state index < -0.39 is 5.91 Å². The third kappa shape index (κ3) is 3.77. The number of primary amides is 1. The second-order valence-corrected chi connectivity index (χ2v) is 6.64. The number of aliphatic hydroxyl groups is 1. The van der Waals surface area contributed by atoms with Crippen molar-refractivity contribution in [2.45, 2.75) is 44.8 Å². The maximum atomic E-state index is 11.9. The highest BCUT2D eigenvalue weighted by molar-refractivity contribution is 6.00. The normalized spacial score (nSPS) is 20.6. The smallest absolute Gasteiger partial charge is 0.250 e. The fourth-order valence-corrected chi connectivity index (χ4v) is 3.32. The molecule has 4 heteroatoms. The van der Waals surface area contributed by atoms with Crippen LogP contribution in [-0.2, 0) is 0 Å². The summed E-state index contributed by atoms with van der Waals surface area (Å²) in [6.07, 6.45) is 3.20. The highest BCUT2D eigenvalue weighted by atomic mass is 16.3. The summed E-state index contributed by atoms with van der Waals surface area (Å²) in [5.74, 6) is -0.428. The van der Waals surface area contributed by atoms with E-state index in [1.165, 1.54) is 5.56 Å². The first kappa shape index (κ1) is 16.5. The van der Waals surface area contributed by atoms with Gasteiger partial charge >= 0.3 is 0 Å². The molecule has 1 saturated carbocycles. The summed E-state index contributed by atoms with van der Waals surface area (Å²) in [6, 6.07) is 14.3. The third-order valence-electron chi connectivity index (χ3n) is 4.69. The second-order valence-electron chi connectivity index (χ2n) is 6.64. The molecule has 4 N–H and O–H groups in total. The maximum absolute atomic E-state index is 11.9. The predicted octanol–water partition coefficient (Wildman–Crippen LogP) is 3.48. The largest absolute Gasteiger partial charge is 0.393 e. The number of benzene rings is 2. The van der Waals surface area contributed by atoms with Crippen molar-refractivity contribution in [2.75, 3.05) is 5.32 Å². The van der Waals surface area contributed by atoms with Gasteiger partial charge < -0.3 is 16.2 Å². The van der Waals surface area contributed by atoms with Crippen LogP contribution in [0.5, 0.6) is 0 Å². The van der Waals surface area contributed by atoms with E-state index in [0.717, 1.165) is 42.5 Å². The van der Waals surface area contributed by atoms with Crippen LogP contribution < -0.4 is 11.1 Å². The van der Waals surface area contributed by atoms with Crippen LogP contribution in [-0.4, -0.2) is 23.2 Å². The number of hydrogen-bond acceptors (Lipinski definition) is 3. The summed E-state index contributed by atoms with van der Waals surface area (Å²) in [5, 5.41) is 13.0. The zero-order valence-electron chi connectivity index (χ0n) is 14.0. The molecule has 126 valence electrons. The van der Waals surface area contributed by atoms with Crippen LogP contribution >= 0.6 is 0 Å². The molecule has 2 aromatic carbocycles. The van der Waals surface area contributed by atoms with Crippen molar-refractivity contribution in [3.8, 4) is 11.1 Å². The van der Waals surface area contributed by atoms with Crippen LogP contribution in [0.15, 0.2) is 42.5 Å². The van der Waals surface area contributed by atoms with Gasteiger partial charge in [0.25, 0.3) is 5.91 Å². The standard InChI is InChI=1S/C20H24N2O2/c1-13-3-2-4-14(11-13)15-5-10-19(18(12-15)20(21)24)22-16-6-8-17(23)9-7-16/h2-5,10-12,16-17,22-23H,6-9H2,1H3,(H2,21,24). The Morgan fingerprint density at radius 3 is 2.46 bits per heavy atom. The van der Waals surface area contributed by atoms with Crippen molar-refractivity contribution < 1.29 is 9.90 Å². The van der Waals surface area contributed by atoms with Crippen LogP contribution in [0.4, 0.5) is 5.69 Å². The molecule has 1 aliphatic carbocycles. The second kappa shape index (κ2) is 7.05. The van der Waals surface area contributed by atoms with E-state index in [1.54, 1.807) is 0 Å². The number of carbonyl (C=O) groups excluding carboxylic acids is 1.